The average molecular weight is 491 g/mol. The normalized spacial score (nSPS) is 14.8. The Labute approximate surface area is 209 Å². The molecule has 0 bridgehead atoms. The Morgan fingerprint density at radius 3 is 2.29 bits per heavy atom. The molecule has 1 aliphatic rings. The molecule has 1 atom stereocenters. The third-order valence-corrected chi connectivity index (χ3v) is 7.27. The fourth-order valence-electron chi connectivity index (χ4n) is 4.54. The Bertz CT molecular complexity index is 1150. The minimum atomic E-state index is -0.923. The number of rotatable bonds is 8. The second-order valence-corrected chi connectivity index (χ2v) is 9.99. The first-order chi connectivity index (χ1) is 16.9. The monoisotopic (exact) mass is 490 g/mol. The number of phenols is 1. The molecule has 1 fully saturated rings. The van der Waals surface area contributed by atoms with Gasteiger partial charge in [0.1, 0.15) is 11.8 Å². The van der Waals surface area contributed by atoms with Crippen LogP contribution in [-0.2, 0) is 16.0 Å². The topological polar surface area (TPSA) is 86.7 Å². The highest BCUT2D eigenvalue weighted by Crippen LogP contribution is 2.31. The van der Waals surface area contributed by atoms with Gasteiger partial charge in [-0.2, -0.15) is 0 Å². The summed E-state index contributed by atoms with van der Waals surface area (Å²) < 4.78 is 0. The van der Waals surface area contributed by atoms with Crippen molar-refractivity contribution in [1.29, 1.82) is 0 Å². The Balaban J connectivity index is 1.75. The van der Waals surface area contributed by atoms with Crippen LogP contribution in [0.1, 0.15) is 65.9 Å². The maximum absolute atomic E-state index is 13.8. The summed E-state index contributed by atoms with van der Waals surface area (Å²) in [5.74, 6) is -0.460. The van der Waals surface area contributed by atoms with Crippen LogP contribution < -0.4 is 10.2 Å². The Morgan fingerprint density at radius 1 is 1.00 bits per heavy atom. The summed E-state index contributed by atoms with van der Waals surface area (Å²) in [5, 5.41) is 14.9. The molecule has 2 N–H and O–H groups in total. The Hall–Kier alpha value is -3.45. The molecular formula is C28H30N2O4S. The van der Waals surface area contributed by atoms with Crippen LogP contribution in [0, 0.1) is 0 Å². The molecule has 2 aromatic carbocycles. The van der Waals surface area contributed by atoms with Crippen LogP contribution >= 0.6 is 11.3 Å². The lowest BCUT2D eigenvalue weighted by Crippen LogP contribution is -2.47. The minimum Gasteiger partial charge on any atom is -0.508 e. The Kier molecular flexibility index (Phi) is 7.98. The van der Waals surface area contributed by atoms with Gasteiger partial charge in [-0.15, -0.1) is 11.3 Å². The summed E-state index contributed by atoms with van der Waals surface area (Å²) in [4.78, 5) is 41.8. The van der Waals surface area contributed by atoms with E-state index in [1.165, 1.54) is 41.7 Å². The van der Waals surface area contributed by atoms with E-state index in [1.54, 1.807) is 36.4 Å². The van der Waals surface area contributed by atoms with E-state index in [4.69, 9.17) is 0 Å². The molecule has 182 valence electrons. The molecule has 1 aromatic heterocycles. The summed E-state index contributed by atoms with van der Waals surface area (Å²) in [6.07, 6.45) is 5.30. The quantitative estimate of drug-likeness (QED) is 0.413. The van der Waals surface area contributed by atoms with Crippen LogP contribution in [-0.4, -0.2) is 28.7 Å². The summed E-state index contributed by atoms with van der Waals surface area (Å²) in [6.45, 7) is 1.49. The van der Waals surface area contributed by atoms with Gasteiger partial charge in [0.05, 0.1) is 6.42 Å². The second-order valence-electron chi connectivity index (χ2n) is 8.96. The zero-order valence-electron chi connectivity index (χ0n) is 19.8. The van der Waals surface area contributed by atoms with Crippen LogP contribution in [0.2, 0.25) is 0 Å². The van der Waals surface area contributed by atoms with Gasteiger partial charge in [0.25, 0.3) is 0 Å². The van der Waals surface area contributed by atoms with Gasteiger partial charge >= 0.3 is 0 Å². The number of aromatic hydroxyl groups is 1. The number of amides is 2. The van der Waals surface area contributed by atoms with Crippen molar-refractivity contribution in [3.05, 3.63) is 82.0 Å². The van der Waals surface area contributed by atoms with Gasteiger partial charge < -0.3 is 10.4 Å². The van der Waals surface area contributed by atoms with Gasteiger partial charge in [0.15, 0.2) is 5.78 Å². The molecule has 2 amide bonds. The third kappa shape index (κ3) is 6.17. The van der Waals surface area contributed by atoms with Gasteiger partial charge in [0, 0.05) is 22.2 Å². The first-order valence-electron chi connectivity index (χ1n) is 12.0. The molecule has 6 nitrogen and oxygen atoms in total. The van der Waals surface area contributed by atoms with Crippen LogP contribution in [0.4, 0.5) is 5.69 Å². The highest BCUT2D eigenvalue weighted by Gasteiger charge is 2.34. The zero-order valence-corrected chi connectivity index (χ0v) is 20.6. The average Bonchev–Trinajstić information content (AvgIpc) is 3.37. The van der Waals surface area contributed by atoms with E-state index in [1.807, 2.05) is 17.5 Å². The minimum absolute atomic E-state index is 0.0712. The molecule has 1 saturated carbocycles. The van der Waals surface area contributed by atoms with Crippen LogP contribution in [0.25, 0.3) is 0 Å². The molecular weight excluding hydrogens is 460 g/mol. The SMILES string of the molecule is CC(=O)c1ccc(N(C(=O)Cc2cccs2)[C@H](C(=O)NC2CCCCC2)c2ccc(O)cc2)cc1. The van der Waals surface area contributed by atoms with Crippen LogP contribution in [0.15, 0.2) is 66.0 Å². The standard InChI is InChI=1S/C28H30N2O4S/c1-19(31)20-9-13-23(14-10-20)30(26(33)18-25-8-5-17-35-25)27(21-11-15-24(32)16-12-21)28(34)29-22-6-3-2-4-7-22/h5,8-17,22,27,32H,2-4,6-7,18H2,1H3,(H,29,34)/t27-/m0/s1. The molecule has 3 aromatic rings. The lowest BCUT2D eigenvalue weighted by Gasteiger charge is -2.33. The summed E-state index contributed by atoms with van der Waals surface area (Å²) in [5.41, 5.74) is 1.67. The van der Waals surface area contributed by atoms with Gasteiger partial charge in [-0.25, -0.2) is 0 Å². The summed E-state index contributed by atoms with van der Waals surface area (Å²) in [6, 6.07) is 16.1. The summed E-state index contributed by atoms with van der Waals surface area (Å²) >= 11 is 1.49. The number of phenolic OH excluding ortho intramolecular Hbond substituents is 1. The molecule has 1 aliphatic carbocycles. The number of benzene rings is 2. The third-order valence-electron chi connectivity index (χ3n) is 6.39. The van der Waals surface area contributed by atoms with E-state index in [-0.39, 0.29) is 35.8 Å². The zero-order chi connectivity index (χ0) is 24.8. The predicted octanol–water partition coefficient (Wildman–Crippen LogP) is 5.42. The smallest absolute Gasteiger partial charge is 0.248 e. The van der Waals surface area contributed by atoms with E-state index < -0.39 is 6.04 Å². The molecule has 4 rings (SSSR count). The Morgan fingerprint density at radius 2 is 1.69 bits per heavy atom. The number of carbonyl (C=O) groups excluding carboxylic acids is 3. The number of thiophene rings is 1. The van der Waals surface area contributed by atoms with Crippen molar-refractivity contribution >= 4 is 34.6 Å². The maximum atomic E-state index is 13.8. The van der Waals surface area contributed by atoms with E-state index in [0.29, 0.717) is 16.8 Å². The van der Waals surface area contributed by atoms with Crippen molar-refractivity contribution in [2.75, 3.05) is 4.90 Å². The number of Topliss-reactive ketones (excluding diaryl/α,β-unsaturated/α-hetero) is 1. The first kappa shape index (κ1) is 24.7. The molecule has 0 radical (unpaired) electrons. The molecule has 0 unspecified atom stereocenters. The van der Waals surface area contributed by atoms with Gasteiger partial charge in [-0.05, 0) is 73.2 Å². The van der Waals surface area contributed by atoms with E-state index in [0.717, 1.165) is 30.6 Å². The van der Waals surface area contributed by atoms with Gasteiger partial charge in [-0.3, -0.25) is 19.3 Å². The maximum Gasteiger partial charge on any atom is 0.248 e. The number of hydrogen-bond acceptors (Lipinski definition) is 5. The van der Waals surface area contributed by atoms with Crippen molar-refractivity contribution in [3.63, 3.8) is 0 Å². The number of carbonyl (C=O) groups is 3. The number of nitrogens with one attached hydrogen (secondary N) is 1. The van der Waals surface area contributed by atoms with Crippen molar-refractivity contribution in [2.45, 2.75) is 57.5 Å². The van der Waals surface area contributed by atoms with Gasteiger partial charge in [0.2, 0.25) is 11.8 Å². The lowest BCUT2D eigenvalue weighted by atomic mass is 9.94. The highest BCUT2D eigenvalue weighted by atomic mass is 32.1. The second kappa shape index (κ2) is 11.3. The predicted molar refractivity (Wildman–Crippen MR) is 138 cm³/mol. The molecule has 1 heterocycles. The van der Waals surface area contributed by atoms with Crippen molar-refractivity contribution in [2.24, 2.45) is 0 Å². The van der Waals surface area contributed by atoms with E-state index in [2.05, 4.69) is 5.32 Å². The number of nitrogens with zero attached hydrogens (tertiary/aromatic N) is 1. The number of ketones is 1. The number of hydrogen-bond donors (Lipinski definition) is 2. The van der Waals surface area contributed by atoms with Gasteiger partial charge in [-0.1, -0.05) is 37.5 Å². The molecule has 0 saturated heterocycles. The lowest BCUT2D eigenvalue weighted by molar-refractivity contribution is -0.127. The molecule has 0 aliphatic heterocycles. The van der Waals surface area contributed by atoms with Crippen molar-refractivity contribution in [3.8, 4) is 5.75 Å². The highest BCUT2D eigenvalue weighted by molar-refractivity contribution is 7.10. The van der Waals surface area contributed by atoms with E-state index >= 15 is 0 Å². The summed E-state index contributed by atoms with van der Waals surface area (Å²) in [7, 11) is 0. The molecule has 35 heavy (non-hydrogen) atoms. The first-order valence-corrected chi connectivity index (χ1v) is 12.8. The molecule has 7 heteroatoms. The van der Waals surface area contributed by atoms with Crippen LogP contribution in [0.3, 0.4) is 0 Å². The molecule has 0 spiro atoms. The van der Waals surface area contributed by atoms with Crippen LogP contribution in [0.5, 0.6) is 5.75 Å². The van der Waals surface area contributed by atoms with Crippen molar-refractivity contribution in [1.82, 2.24) is 5.32 Å². The number of anilines is 1. The van der Waals surface area contributed by atoms with E-state index in [9.17, 15) is 19.5 Å². The fourth-order valence-corrected chi connectivity index (χ4v) is 5.24. The fraction of sp³-hybridized carbons (Fsp3) is 0.321. The van der Waals surface area contributed by atoms with Crippen molar-refractivity contribution < 1.29 is 19.5 Å². The largest absolute Gasteiger partial charge is 0.508 e.